The highest BCUT2D eigenvalue weighted by molar-refractivity contribution is 5.45. The van der Waals surface area contributed by atoms with Crippen molar-refractivity contribution < 1.29 is 4.39 Å². The third-order valence-corrected chi connectivity index (χ3v) is 2.25. The topological polar surface area (TPSA) is 0 Å². The SMILES string of the molecule is C#Cc1ccc(C#Cc2ccc(F)cc2)cc1. The van der Waals surface area contributed by atoms with Crippen LogP contribution in [0.25, 0.3) is 0 Å². The smallest absolute Gasteiger partial charge is 0.123 e. The maximum atomic E-state index is 12.7. The summed E-state index contributed by atoms with van der Waals surface area (Å²) in [6.07, 6.45) is 5.26. The molecule has 0 spiro atoms. The largest absolute Gasteiger partial charge is 0.207 e. The molecule has 80 valence electrons. The summed E-state index contributed by atoms with van der Waals surface area (Å²) in [5, 5.41) is 0. The highest BCUT2D eigenvalue weighted by Gasteiger charge is 1.90. The van der Waals surface area contributed by atoms with Gasteiger partial charge >= 0.3 is 0 Å². The van der Waals surface area contributed by atoms with Crippen LogP contribution in [0.4, 0.5) is 4.39 Å². The van der Waals surface area contributed by atoms with Gasteiger partial charge < -0.3 is 0 Å². The molecule has 2 aromatic carbocycles. The molecule has 2 rings (SSSR count). The van der Waals surface area contributed by atoms with Gasteiger partial charge in [-0.2, -0.15) is 0 Å². The van der Waals surface area contributed by atoms with E-state index in [4.69, 9.17) is 6.42 Å². The van der Waals surface area contributed by atoms with Gasteiger partial charge in [0.2, 0.25) is 0 Å². The van der Waals surface area contributed by atoms with E-state index in [1.165, 1.54) is 12.1 Å². The Morgan fingerprint density at radius 3 is 1.59 bits per heavy atom. The van der Waals surface area contributed by atoms with Crippen molar-refractivity contribution in [2.24, 2.45) is 0 Å². The third-order valence-electron chi connectivity index (χ3n) is 2.25. The van der Waals surface area contributed by atoms with Crippen LogP contribution in [0.5, 0.6) is 0 Å². The van der Waals surface area contributed by atoms with Crippen LogP contribution in [0, 0.1) is 30.0 Å². The van der Waals surface area contributed by atoms with E-state index in [9.17, 15) is 4.39 Å². The molecule has 0 aromatic heterocycles. The molecule has 0 saturated carbocycles. The van der Waals surface area contributed by atoms with Crippen LogP contribution in [-0.2, 0) is 0 Å². The summed E-state index contributed by atoms with van der Waals surface area (Å²) < 4.78 is 12.7. The van der Waals surface area contributed by atoms with Gasteiger partial charge in [-0.15, -0.1) is 6.42 Å². The first kappa shape index (κ1) is 11.0. The summed E-state index contributed by atoms with van der Waals surface area (Å²) in [6, 6.07) is 13.5. The van der Waals surface area contributed by atoms with Crippen molar-refractivity contribution >= 4 is 0 Å². The van der Waals surface area contributed by atoms with Crippen LogP contribution in [0.3, 0.4) is 0 Å². The summed E-state index contributed by atoms with van der Waals surface area (Å²) in [5.74, 6) is 8.24. The monoisotopic (exact) mass is 220 g/mol. The summed E-state index contributed by atoms with van der Waals surface area (Å²) >= 11 is 0. The predicted octanol–water partition coefficient (Wildman–Crippen LogP) is 3.21. The molecule has 0 saturated heterocycles. The Morgan fingerprint density at radius 1 is 0.706 bits per heavy atom. The number of rotatable bonds is 0. The van der Waals surface area contributed by atoms with Gasteiger partial charge in [0, 0.05) is 16.7 Å². The molecule has 0 amide bonds. The van der Waals surface area contributed by atoms with Gasteiger partial charge in [-0.3, -0.25) is 0 Å². The molecule has 0 N–H and O–H groups in total. The van der Waals surface area contributed by atoms with E-state index >= 15 is 0 Å². The molecule has 0 fully saturated rings. The fourth-order valence-electron chi connectivity index (χ4n) is 1.33. The zero-order valence-corrected chi connectivity index (χ0v) is 9.07. The van der Waals surface area contributed by atoms with Gasteiger partial charge in [-0.25, -0.2) is 4.39 Å². The van der Waals surface area contributed by atoms with E-state index in [0.717, 1.165) is 16.7 Å². The van der Waals surface area contributed by atoms with Crippen LogP contribution in [0.2, 0.25) is 0 Å². The van der Waals surface area contributed by atoms with Crippen LogP contribution in [0.15, 0.2) is 48.5 Å². The van der Waals surface area contributed by atoms with Gasteiger partial charge in [0.1, 0.15) is 5.82 Å². The zero-order valence-electron chi connectivity index (χ0n) is 9.07. The van der Waals surface area contributed by atoms with E-state index in [1.54, 1.807) is 12.1 Å². The molecule has 0 nitrogen and oxygen atoms in total. The molecule has 17 heavy (non-hydrogen) atoms. The number of halogens is 1. The van der Waals surface area contributed by atoms with Crippen molar-refractivity contribution in [3.05, 3.63) is 71.0 Å². The van der Waals surface area contributed by atoms with E-state index < -0.39 is 0 Å². The van der Waals surface area contributed by atoms with Crippen LogP contribution in [-0.4, -0.2) is 0 Å². The van der Waals surface area contributed by atoms with E-state index in [1.807, 2.05) is 24.3 Å². The minimum Gasteiger partial charge on any atom is -0.207 e. The van der Waals surface area contributed by atoms with Gasteiger partial charge in [-0.05, 0) is 48.5 Å². The van der Waals surface area contributed by atoms with Crippen molar-refractivity contribution in [2.45, 2.75) is 0 Å². The van der Waals surface area contributed by atoms with E-state index in [2.05, 4.69) is 17.8 Å². The summed E-state index contributed by atoms with van der Waals surface area (Å²) in [6.45, 7) is 0. The van der Waals surface area contributed by atoms with Crippen molar-refractivity contribution in [2.75, 3.05) is 0 Å². The number of benzene rings is 2. The lowest BCUT2D eigenvalue weighted by molar-refractivity contribution is 0.627. The van der Waals surface area contributed by atoms with Crippen LogP contribution < -0.4 is 0 Å². The predicted molar refractivity (Wildman–Crippen MR) is 66.8 cm³/mol. The Morgan fingerprint density at radius 2 is 1.12 bits per heavy atom. The number of hydrogen-bond donors (Lipinski definition) is 0. The second-order valence-corrected chi connectivity index (χ2v) is 3.48. The highest BCUT2D eigenvalue weighted by atomic mass is 19.1. The molecule has 0 heterocycles. The van der Waals surface area contributed by atoms with Gasteiger partial charge in [0.25, 0.3) is 0 Å². The number of terminal acetylenes is 1. The van der Waals surface area contributed by atoms with Crippen molar-refractivity contribution in [1.29, 1.82) is 0 Å². The first-order valence-corrected chi connectivity index (χ1v) is 5.12. The van der Waals surface area contributed by atoms with Crippen LogP contribution in [0.1, 0.15) is 16.7 Å². The molecule has 0 unspecified atom stereocenters. The summed E-state index contributed by atoms with van der Waals surface area (Å²) in [4.78, 5) is 0. The molecule has 0 bridgehead atoms. The van der Waals surface area contributed by atoms with Gasteiger partial charge in [-0.1, -0.05) is 17.8 Å². The standard InChI is InChI=1S/C16H9F/c1-2-13-3-5-14(6-4-13)7-8-15-9-11-16(17)12-10-15/h1,3-6,9-12H. The Labute approximate surface area is 100 Å². The first-order valence-electron chi connectivity index (χ1n) is 5.12. The molecule has 1 heteroatoms. The molecule has 0 aliphatic heterocycles. The maximum absolute atomic E-state index is 12.7. The summed E-state index contributed by atoms with van der Waals surface area (Å²) in [7, 11) is 0. The second kappa shape index (κ2) is 5.01. The molecular formula is C16H9F. The Hall–Kier alpha value is -2.51. The second-order valence-electron chi connectivity index (χ2n) is 3.48. The average Bonchev–Trinajstić information content (AvgIpc) is 2.39. The molecule has 0 aliphatic carbocycles. The van der Waals surface area contributed by atoms with Crippen molar-refractivity contribution in [1.82, 2.24) is 0 Å². The molecule has 0 aliphatic rings. The molecule has 0 atom stereocenters. The van der Waals surface area contributed by atoms with Gasteiger partial charge in [0.15, 0.2) is 0 Å². The number of hydrogen-bond acceptors (Lipinski definition) is 0. The zero-order chi connectivity index (χ0) is 12.1. The fourth-order valence-corrected chi connectivity index (χ4v) is 1.33. The summed E-state index contributed by atoms with van der Waals surface area (Å²) in [5.41, 5.74) is 2.50. The minimum absolute atomic E-state index is 0.256. The maximum Gasteiger partial charge on any atom is 0.123 e. The van der Waals surface area contributed by atoms with Crippen molar-refractivity contribution in [3.63, 3.8) is 0 Å². The van der Waals surface area contributed by atoms with E-state index in [0.29, 0.717) is 0 Å². The normalized spacial score (nSPS) is 8.94. The minimum atomic E-state index is -0.256. The first-order chi connectivity index (χ1) is 8.28. The van der Waals surface area contributed by atoms with Gasteiger partial charge in [0.05, 0.1) is 0 Å². The molecular weight excluding hydrogens is 211 g/mol. The lowest BCUT2D eigenvalue weighted by atomic mass is 10.1. The van der Waals surface area contributed by atoms with Crippen LogP contribution >= 0.6 is 0 Å². The lowest BCUT2D eigenvalue weighted by Gasteiger charge is -1.92. The quantitative estimate of drug-likeness (QED) is 0.598. The highest BCUT2D eigenvalue weighted by Crippen LogP contribution is 2.04. The Kier molecular flexibility index (Phi) is 3.24. The molecule has 2 aromatic rings. The average molecular weight is 220 g/mol. The van der Waals surface area contributed by atoms with E-state index in [-0.39, 0.29) is 5.82 Å². The molecule has 0 radical (unpaired) electrons. The Bertz CT molecular complexity index is 602. The third kappa shape index (κ3) is 2.97. The lowest BCUT2D eigenvalue weighted by Crippen LogP contribution is -1.78. The fraction of sp³-hybridized carbons (Fsp3) is 0. The van der Waals surface area contributed by atoms with Crippen molar-refractivity contribution in [3.8, 4) is 24.2 Å². The Balaban J connectivity index is 2.21.